The number of halogens is 2. The minimum Gasteiger partial charge on any atom is -0.478 e. The highest BCUT2D eigenvalue weighted by Gasteiger charge is 2.26. The first-order valence-electron chi connectivity index (χ1n) is 7.86. The summed E-state index contributed by atoms with van der Waals surface area (Å²) in [6.07, 6.45) is 0.939. The van der Waals surface area contributed by atoms with Gasteiger partial charge in [-0.2, -0.15) is 0 Å². The quantitative estimate of drug-likeness (QED) is 0.709. The van der Waals surface area contributed by atoms with E-state index in [-0.39, 0.29) is 34.5 Å². The molecule has 9 heteroatoms. The Kier molecular flexibility index (Phi) is 4.64. The standard InChI is InChI=1S/C18H15F2NO5S/c1-3-21(27(2,24)25)14-9-15-12(8-13(14)20)16(18(22)23)17(26-15)10-4-6-11(19)7-5-10/h4-9H,3H2,1-2H3,(H,22,23). The van der Waals surface area contributed by atoms with Crippen molar-refractivity contribution < 1.29 is 31.5 Å². The van der Waals surface area contributed by atoms with Gasteiger partial charge in [-0.15, -0.1) is 0 Å². The summed E-state index contributed by atoms with van der Waals surface area (Å²) in [5.74, 6) is -2.83. The van der Waals surface area contributed by atoms with Gasteiger partial charge >= 0.3 is 5.97 Å². The normalized spacial score (nSPS) is 11.7. The average Bonchev–Trinajstić information content (AvgIpc) is 2.93. The average molecular weight is 395 g/mol. The van der Waals surface area contributed by atoms with Crippen molar-refractivity contribution in [2.75, 3.05) is 17.1 Å². The van der Waals surface area contributed by atoms with Gasteiger partial charge in [-0.3, -0.25) is 4.31 Å². The molecule has 142 valence electrons. The van der Waals surface area contributed by atoms with Gasteiger partial charge in [-0.1, -0.05) is 0 Å². The van der Waals surface area contributed by atoms with Crippen molar-refractivity contribution in [1.29, 1.82) is 0 Å². The van der Waals surface area contributed by atoms with E-state index in [1.54, 1.807) is 6.92 Å². The van der Waals surface area contributed by atoms with Gasteiger partial charge in [0.1, 0.15) is 28.5 Å². The van der Waals surface area contributed by atoms with E-state index in [0.717, 1.165) is 34.8 Å². The van der Waals surface area contributed by atoms with Crippen LogP contribution < -0.4 is 4.31 Å². The molecule has 0 saturated carbocycles. The van der Waals surface area contributed by atoms with E-state index in [0.29, 0.717) is 5.56 Å². The van der Waals surface area contributed by atoms with Crippen LogP contribution in [-0.2, 0) is 10.0 Å². The second-order valence-corrected chi connectivity index (χ2v) is 7.75. The lowest BCUT2D eigenvalue weighted by atomic mass is 10.1. The fourth-order valence-electron chi connectivity index (χ4n) is 2.90. The van der Waals surface area contributed by atoms with Crippen LogP contribution in [0.1, 0.15) is 17.3 Å². The minimum atomic E-state index is -3.74. The van der Waals surface area contributed by atoms with Crippen molar-refractivity contribution in [3.05, 3.63) is 53.6 Å². The molecular formula is C18H15F2NO5S. The molecule has 0 spiro atoms. The van der Waals surface area contributed by atoms with E-state index in [1.165, 1.54) is 12.1 Å². The third kappa shape index (κ3) is 3.37. The van der Waals surface area contributed by atoms with Crippen LogP contribution >= 0.6 is 0 Å². The van der Waals surface area contributed by atoms with Gasteiger partial charge in [-0.25, -0.2) is 22.0 Å². The molecule has 27 heavy (non-hydrogen) atoms. The molecule has 3 rings (SSSR count). The lowest BCUT2D eigenvalue weighted by molar-refractivity contribution is 0.0699. The Morgan fingerprint density at radius 3 is 2.33 bits per heavy atom. The summed E-state index contributed by atoms with van der Waals surface area (Å²) in [6.45, 7) is 1.53. The predicted octanol–water partition coefficient (Wildman–Crippen LogP) is 3.86. The minimum absolute atomic E-state index is 0.00484. The number of fused-ring (bicyclic) bond motifs is 1. The maximum atomic E-state index is 14.6. The molecule has 3 aromatic rings. The molecule has 0 radical (unpaired) electrons. The predicted molar refractivity (Wildman–Crippen MR) is 96.4 cm³/mol. The number of aromatic carboxylic acids is 1. The number of anilines is 1. The van der Waals surface area contributed by atoms with Gasteiger partial charge in [-0.05, 0) is 37.3 Å². The zero-order valence-corrected chi connectivity index (χ0v) is 15.2. The van der Waals surface area contributed by atoms with Crippen molar-refractivity contribution in [2.45, 2.75) is 6.92 Å². The Bertz CT molecular complexity index is 1140. The van der Waals surface area contributed by atoms with Crippen LogP contribution in [0.15, 0.2) is 40.8 Å². The maximum Gasteiger partial charge on any atom is 0.340 e. The molecule has 1 aromatic heterocycles. The first kappa shape index (κ1) is 18.8. The van der Waals surface area contributed by atoms with Crippen LogP contribution in [0.4, 0.5) is 14.5 Å². The molecule has 0 aliphatic rings. The van der Waals surface area contributed by atoms with Gasteiger partial charge in [0.05, 0.1) is 11.9 Å². The monoisotopic (exact) mass is 395 g/mol. The van der Waals surface area contributed by atoms with E-state index >= 15 is 0 Å². The van der Waals surface area contributed by atoms with Crippen LogP contribution in [0, 0.1) is 11.6 Å². The van der Waals surface area contributed by atoms with Crippen molar-refractivity contribution in [3.63, 3.8) is 0 Å². The maximum absolute atomic E-state index is 14.6. The number of sulfonamides is 1. The third-order valence-corrected chi connectivity index (χ3v) is 5.29. The Morgan fingerprint density at radius 1 is 1.19 bits per heavy atom. The Hall–Kier alpha value is -2.94. The van der Waals surface area contributed by atoms with Crippen LogP contribution in [0.2, 0.25) is 0 Å². The number of furan rings is 1. The summed E-state index contributed by atoms with van der Waals surface area (Å²) in [6, 6.07) is 7.04. The molecule has 0 saturated heterocycles. The second kappa shape index (κ2) is 6.66. The van der Waals surface area contributed by atoms with E-state index in [4.69, 9.17) is 4.42 Å². The third-order valence-electron chi connectivity index (χ3n) is 4.03. The van der Waals surface area contributed by atoms with Gasteiger partial charge in [0, 0.05) is 23.6 Å². The summed E-state index contributed by atoms with van der Waals surface area (Å²) < 4.78 is 58.0. The number of carboxylic acid groups (broad SMARTS) is 1. The Morgan fingerprint density at radius 2 is 1.81 bits per heavy atom. The van der Waals surface area contributed by atoms with Crippen molar-refractivity contribution in [1.82, 2.24) is 0 Å². The van der Waals surface area contributed by atoms with E-state index in [2.05, 4.69) is 0 Å². The fraction of sp³-hybridized carbons (Fsp3) is 0.167. The summed E-state index contributed by atoms with van der Waals surface area (Å²) in [5, 5.41) is 9.53. The number of hydrogen-bond acceptors (Lipinski definition) is 4. The molecule has 0 aliphatic carbocycles. The second-order valence-electron chi connectivity index (χ2n) is 5.85. The molecule has 0 atom stereocenters. The number of rotatable bonds is 5. The van der Waals surface area contributed by atoms with E-state index in [9.17, 15) is 27.1 Å². The highest BCUT2D eigenvalue weighted by Crippen LogP contribution is 2.37. The number of carboxylic acids is 1. The Labute approximate surface area is 153 Å². The number of benzene rings is 2. The topological polar surface area (TPSA) is 87.8 Å². The van der Waals surface area contributed by atoms with E-state index in [1.807, 2.05) is 0 Å². The molecule has 0 unspecified atom stereocenters. The molecule has 6 nitrogen and oxygen atoms in total. The smallest absolute Gasteiger partial charge is 0.340 e. The number of carbonyl (C=O) groups is 1. The highest BCUT2D eigenvalue weighted by molar-refractivity contribution is 7.92. The Balaban J connectivity index is 2.30. The van der Waals surface area contributed by atoms with Crippen molar-refractivity contribution in [3.8, 4) is 11.3 Å². The van der Waals surface area contributed by atoms with Crippen LogP contribution in [0.5, 0.6) is 0 Å². The number of hydrogen-bond donors (Lipinski definition) is 1. The van der Waals surface area contributed by atoms with Crippen LogP contribution in [0.25, 0.3) is 22.3 Å². The van der Waals surface area contributed by atoms with Gasteiger partial charge < -0.3 is 9.52 Å². The lowest BCUT2D eigenvalue weighted by Gasteiger charge is -2.20. The molecule has 1 heterocycles. The van der Waals surface area contributed by atoms with Gasteiger partial charge in [0.2, 0.25) is 10.0 Å². The zero-order chi connectivity index (χ0) is 19.9. The van der Waals surface area contributed by atoms with E-state index < -0.39 is 27.6 Å². The lowest BCUT2D eigenvalue weighted by Crippen LogP contribution is -2.30. The largest absolute Gasteiger partial charge is 0.478 e. The number of nitrogens with zero attached hydrogens (tertiary/aromatic N) is 1. The van der Waals surface area contributed by atoms with Crippen LogP contribution in [-0.4, -0.2) is 32.3 Å². The highest BCUT2D eigenvalue weighted by atomic mass is 32.2. The molecule has 0 bridgehead atoms. The van der Waals surface area contributed by atoms with Crippen LogP contribution in [0.3, 0.4) is 0 Å². The molecular weight excluding hydrogens is 380 g/mol. The summed E-state index contributed by atoms with van der Waals surface area (Å²) >= 11 is 0. The molecule has 0 fully saturated rings. The van der Waals surface area contributed by atoms with Gasteiger partial charge in [0.15, 0.2) is 0 Å². The summed E-state index contributed by atoms with van der Waals surface area (Å²) in [4.78, 5) is 11.7. The SMILES string of the molecule is CCN(c1cc2oc(-c3ccc(F)cc3)c(C(=O)O)c2cc1F)S(C)(=O)=O. The molecule has 0 aliphatic heterocycles. The van der Waals surface area contributed by atoms with Crippen molar-refractivity contribution in [2.24, 2.45) is 0 Å². The van der Waals surface area contributed by atoms with Crippen molar-refractivity contribution >= 4 is 32.6 Å². The molecule has 1 N–H and O–H groups in total. The summed E-state index contributed by atoms with van der Waals surface area (Å²) in [5.41, 5.74) is -0.235. The summed E-state index contributed by atoms with van der Waals surface area (Å²) in [7, 11) is -3.74. The first-order chi connectivity index (χ1) is 12.6. The molecule has 2 aromatic carbocycles. The fourth-order valence-corrected chi connectivity index (χ4v) is 3.86. The molecule has 0 amide bonds. The first-order valence-corrected chi connectivity index (χ1v) is 9.71. The zero-order valence-electron chi connectivity index (χ0n) is 14.4. The van der Waals surface area contributed by atoms with Gasteiger partial charge in [0.25, 0.3) is 0 Å².